The number of carboxylic acids is 1. The molecule has 0 aliphatic heterocycles. The van der Waals surface area contributed by atoms with Crippen LogP contribution < -0.4 is 29.6 Å². The van der Waals surface area contributed by atoms with Gasteiger partial charge in [-0.3, -0.25) is 0 Å². The second-order valence-corrected chi connectivity index (χ2v) is 6.83. The van der Waals surface area contributed by atoms with Crippen molar-refractivity contribution in [1.82, 2.24) is 0 Å². The number of esters is 1. The monoisotopic (exact) mass is 570 g/mol. The van der Waals surface area contributed by atoms with Crippen molar-refractivity contribution in [2.45, 2.75) is 13.8 Å². The van der Waals surface area contributed by atoms with E-state index in [0.717, 1.165) is 20.1 Å². The Morgan fingerprint density at radius 3 is 1.42 bits per heavy atom. The summed E-state index contributed by atoms with van der Waals surface area (Å²) in [4.78, 5) is 54.1. The number of ether oxygens (including phenoxy) is 1. The number of aromatic carboxylic acids is 1. The van der Waals surface area contributed by atoms with Gasteiger partial charge in [0.15, 0.2) is 0 Å². The van der Waals surface area contributed by atoms with Gasteiger partial charge in [0.1, 0.15) is 0 Å². The van der Waals surface area contributed by atoms with E-state index in [1.165, 1.54) is 7.11 Å². The van der Waals surface area contributed by atoms with E-state index < -0.39 is 5.97 Å². The Bertz CT molecular complexity index is 853. The molecule has 0 atom stereocenters. The number of aryl methyl sites for hydroxylation is 2. The molecule has 0 spiro atoms. The van der Waals surface area contributed by atoms with E-state index in [1.54, 1.807) is 24.3 Å². The number of halogens is 2. The summed E-state index contributed by atoms with van der Waals surface area (Å²) in [5.41, 5.74) is 2.86. The Labute approximate surface area is 217 Å². The second-order valence-electron chi connectivity index (χ2n) is 5.00. The number of hydrogen-bond donors (Lipinski definition) is 1. The molecule has 2 aromatic rings. The first-order valence-electron chi connectivity index (χ1n) is 7.40. The molecule has 0 aliphatic rings. The van der Waals surface area contributed by atoms with Crippen molar-refractivity contribution < 1.29 is 73.6 Å². The van der Waals surface area contributed by atoms with Gasteiger partial charge in [0.25, 0.3) is 0 Å². The zero-order chi connectivity index (χ0) is 23.0. The molecule has 162 valence electrons. The SMILES string of the molecule is COC(=O)c1cc(C)cc(Br)c1.Cc1cc(Br)cc(C(=O)O)c1.O=C=O.O=C=O.[Na+].[OH-]. The minimum absolute atomic E-state index is 0. The Balaban J connectivity index is -0.000000179. The van der Waals surface area contributed by atoms with Gasteiger partial charge < -0.3 is 15.3 Å². The van der Waals surface area contributed by atoms with Crippen LogP contribution in [0.2, 0.25) is 0 Å². The van der Waals surface area contributed by atoms with Gasteiger partial charge in [-0.1, -0.05) is 31.9 Å². The van der Waals surface area contributed by atoms with E-state index >= 15 is 0 Å². The van der Waals surface area contributed by atoms with E-state index in [4.69, 9.17) is 24.3 Å². The summed E-state index contributed by atoms with van der Waals surface area (Å²) in [6.07, 6.45) is 0.500. The molecular formula is C19H17Br2NaO9. The van der Waals surface area contributed by atoms with Gasteiger partial charge in [0.2, 0.25) is 0 Å². The quantitative estimate of drug-likeness (QED) is 0.403. The normalized spacial score (nSPS) is 7.65. The van der Waals surface area contributed by atoms with Gasteiger partial charge >= 0.3 is 53.8 Å². The smallest absolute Gasteiger partial charge is 0.870 e. The number of carboxylic acid groups (broad SMARTS) is 1. The summed E-state index contributed by atoms with van der Waals surface area (Å²) in [5, 5.41) is 8.61. The van der Waals surface area contributed by atoms with Gasteiger partial charge in [-0.15, -0.1) is 0 Å². The topological polar surface area (TPSA) is 162 Å². The maximum absolute atomic E-state index is 11.1. The molecule has 0 unspecified atom stereocenters. The van der Waals surface area contributed by atoms with E-state index in [9.17, 15) is 9.59 Å². The first-order chi connectivity index (χ1) is 13.6. The number of methoxy groups -OCH3 is 1. The van der Waals surface area contributed by atoms with Gasteiger partial charge in [-0.05, 0) is 61.4 Å². The summed E-state index contributed by atoms with van der Waals surface area (Å²) >= 11 is 6.52. The molecule has 0 radical (unpaired) electrons. The maximum atomic E-state index is 11.1. The molecule has 0 saturated heterocycles. The average Bonchev–Trinajstić information content (AvgIpc) is 2.61. The third-order valence-corrected chi connectivity index (χ3v) is 3.67. The summed E-state index contributed by atoms with van der Waals surface area (Å²) in [6.45, 7) is 3.79. The molecule has 0 bridgehead atoms. The van der Waals surface area contributed by atoms with Crippen LogP contribution in [0.1, 0.15) is 31.8 Å². The van der Waals surface area contributed by atoms with Crippen LogP contribution in [-0.2, 0) is 23.9 Å². The molecule has 9 nitrogen and oxygen atoms in total. The van der Waals surface area contributed by atoms with Crippen LogP contribution in [0.15, 0.2) is 45.3 Å². The Morgan fingerprint density at radius 2 is 1.13 bits per heavy atom. The van der Waals surface area contributed by atoms with Crippen LogP contribution in [0, 0.1) is 13.8 Å². The maximum Gasteiger partial charge on any atom is 1.00 e. The Kier molecular flexibility index (Phi) is 25.0. The average molecular weight is 572 g/mol. The van der Waals surface area contributed by atoms with Crippen LogP contribution >= 0.6 is 31.9 Å². The molecule has 0 fully saturated rings. The molecule has 0 heterocycles. The standard InChI is InChI=1S/C9H9BrO2.C8H7BrO2.2CO2.Na.H2O/c1-6-3-7(9(11)12-2)5-8(10)4-6;1-5-2-6(8(10)11)4-7(9)3-5;2*2-1-3;;/h3-5H,1-2H3;2-4H,1H3,(H,10,11);;;;1H2/q;;;;+1;/p-1. The Morgan fingerprint density at radius 1 is 0.806 bits per heavy atom. The zero-order valence-corrected chi connectivity index (χ0v) is 22.1. The van der Waals surface area contributed by atoms with Crippen molar-refractivity contribution in [2.75, 3.05) is 7.11 Å². The molecular weight excluding hydrogens is 555 g/mol. The third-order valence-electron chi connectivity index (χ3n) is 2.75. The fourth-order valence-corrected chi connectivity index (χ4v) is 3.05. The van der Waals surface area contributed by atoms with Crippen molar-refractivity contribution in [3.8, 4) is 0 Å². The van der Waals surface area contributed by atoms with Crippen LogP contribution in [0.4, 0.5) is 0 Å². The summed E-state index contributed by atoms with van der Waals surface area (Å²) in [6, 6.07) is 10.5. The number of carbonyl (C=O) groups excluding carboxylic acids is 5. The van der Waals surface area contributed by atoms with Crippen LogP contribution in [-0.4, -0.2) is 41.9 Å². The van der Waals surface area contributed by atoms with E-state index in [1.807, 2.05) is 26.0 Å². The molecule has 12 heteroatoms. The number of carbonyl (C=O) groups is 2. The number of rotatable bonds is 2. The van der Waals surface area contributed by atoms with Crippen molar-refractivity contribution in [3.05, 3.63) is 67.6 Å². The fraction of sp³-hybridized carbons (Fsp3) is 0.158. The summed E-state index contributed by atoms with van der Waals surface area (Å²) in [7, 11) is 1.37. The van der Waals surface area contributed by atoms with E-state index in [2.05, 4.69) is 36.6 Å². The van der Waals surface area contributed by atoms with Crippen molar-refractivity contribution in [3.63, 3.8) is 0 Å². The van der Waals surface area contributed by atoms with Crippen molar-refractivity contribution in [2.24, 2.45) is 0 Å². The van der Waals surface area contributed by atoms with Gasteiger partial charge in [-0.2, -0.15) is 19.2 Å². The van der Waals surface area contributed by atoms with E-state index in [-0.39, 0.29) is 53.3 Å². The molecule has 2 aromatic carbocycles. The predicted molar refractivity (Wildman–Crippen MR) is 108 cm³/mol. The largest absolute Gasteiger partial charge is 1.00 e. The first kappa shape index (κ1) is 36.4. The molecule has 31 heavy (non-hydrogen) atoms. The van der Waals surface area contributed by atoms with Gasteiger partial charge in [0.05, 0.1) is 18.2 Å². The van der Waals surface area contributed by atoms with Crippen molar-refractivity contribution in [1.29, 1.82) is 0 Å². The molecule has 2 N–H and O–H groups in total. The van der Waals surface area contributed by atoms with Crippen molar-refractivity contribution >= 4 is 56.1 Å². The summed E-state index contributed by atoms with van der Waals surface area (Å²) in [5.74, 6) is -1.20. The number of hydrogen-bond acceptors (Lipinski definition) is 8. The zero-order valence-electron chi connectivity index (χ0n) is 17.0. The van der Waals surface area contributed by atoms with Crippen LogP contribution in [0.5, 0.6) is 0 Å². The van der Waals surface area contributed by atoms with Gasteiger partial charge in [0, 0.05) is 8.95 Å². The molecule has 2 rings (SSSR count). The number of benzene rings is 2. The Hall–Kier alpha value is -1.94. The third kappa shape index (κ3) is 18.5. The first-order valence-corrected chi connectivity index (χ1v) is 8.99. The minimum atomic E-state index is -0.894. The molecule has 0 amide bonds. The second kappa shape index (κ2) is 21.3. The fourth-order valence-electron chi connectivity index (χ4n) is 1.83. The minimum Gasteiger partial charge on any atom is -0.870 e. The van der Waals surface area contributed by atoms with Gasteiger partial charge in [-0.25, -0.2) is 9.59 Å². The molecule has 0 saturated carbocycles. The van der Waals surface area contributed by atoms with Crippen LogP contribution in [0.25, 0.3) is 0 Å². The molecule has 0 aromatic heterocycles. The predicted octanol–water partition coefficient (Wildman–Crippen LogP) is 0.660. The summed E-state index contributed by atoms with van der Waals surface area (Å²) < 4.78 is 6.28. The van der Waals surface area contributed by atoms with E-state index in [0.29, 0.717) is 11.1 Å². The van der Waals surface area contributed by atoms with Crippen LogP contribution in [0.3, 0.4) is 0 Å². The molecule has 0 aliphatic carbocycles.